The van der Waals surface area contributed by atoms with Crippen molar-refractivity contribution in [3.05, 3.63) is 28.8 Å². The number of nitrogens with one attached hydrogen (secondary N) is 1. The van der Waals surface area contributed by atoms with Crippen LogP contribution in [0.4, 0.5) is 10.5 Å². The molecule has 0 radical (unpaired) electrons. The highest BCUT2D eigenvalue weighted by Gasteiger charge is 2.39. The molecule has 0 bridgehead atoms. The van der Waals surface area contributed by atoms with Crippen molar-refractivity contribution in [3.63, 3.8) is 0 Å². The number of hydrogen-bond donors (Lipinski definition) is 2. The summed E-state index contributed by atoms with van der Waals surface area (Å²) in [5, 5.41) is 13.0. The van der Waals surface area contributed by atoms with Gasteiger partial charge in [-0.05, 0) is 57.4 Å². The van der Waals surface area contributed by atoms with Crippen LogP contribution in [0.2, 0.25) is 5.02 Å². The number of aliphatic hydroxyl groups is 1. The maximum absolute atomic E-state index is 11.8. The van der Waals surface area contributed by atoms with Gasteiger partial charge in [0, 0.05) is 16.1 Å². The quantitative estimate of drug-likeness (QED) is 0.883. The van der Waals surface area contributed by atoms with E-state index in [1.807, 2.05) is 26.8 Å². The van der Waals surface area contributed by atoms with E-state index in [0.29, 0.717) is 10.7 Å². The Morgan fingerprint density at radius 3 is 2.57 bits per heavy atom. The lowest BCUT2D eigenvalue weighted by Crippen LogP contribution is -2.38. The largest absolute Gasteiger partial charge is 0.444 e. The lowest BCUT2D eigenvalue weighted by Gasteiger charge is -2.41. The molecular formula is C16H22ClNO3. The van der Waals surface area contributed by atoms with E-state index in [9.17, 15) is 9.90 Å². The summed E-state index contributed by atoms with van der Waals surface area (Å²) in [6, 6.07) is 5.32. The van der Waals surface area contributed by atoms with Crippen LogP contribution >= 0.6 is 11.6 Å². The summed E-state index contributed by atoms with van der Waals surface area (Å²) in [6.07, 6.45) is 2.42. The highest BCUT2D eigenvalue weighted by molar-refractivity contribution is 6.31. The number of amides is 1. The van der Waals surface area contributed by atoms with Crippen molar-refractivity contribution in [2.24, 2.45) is 0 Å². The number of hydrogen-bond acceptors (Lipinski definition) is 3. The number of carbonyl (C=O) groups excluding carboxylic acids is 1. The molecule has 5 heteroatoms. The Morgan fingerprint density at radius 2 is 2.10 bits per heavy atom. The van der Waals surface area contributed by atoms with Crippen molar-refractivity contribution < 1.29 is 14.6 Å². The zero-order valence-corrected chi connectivity index (χ0v) is 13.5. The molecule has 1 aliphatic rings. The third kappa shape index (κ3) is 3.69. The number of anilines is 1. The molecule has 1 aromatic carbocycles. The standard InChI is InChI=1S/C16H22ClNO3/c1-15(2,3)21-14(20)18-11-5-6-13(17)12(9-11)16(10-19)7-4-8-16/h5-6,9,19H,4,7-8,10H2,1-3H3,(H,18,20). The molecule has 1 fully saturated rings. The third-order valence-electron chi connectivity index (χ3n) is 3.80. The van der Waals surface area contributed by atoms with Gasteiger partial charge in [0.2, 0.25) is 0 Å². The van der Waals surface area contributed by atoms with Crippen LogP contribution < -0.4 is 5.32 Å². The van der Waals surface area contributed by atoms with Gasteiger partial charge >= 0.3 is 6.09 Å². The van der Waals surface area contributed by atoms with Crippen molar-refractivity contribution in [1.82, 2.24) is 0 Å². The fourth-order valence-corrected chi connectivity index (χ4v) is 2.87. The number of halogens is 1. The first-order chi connectivity index (χ1) is 9.76. The van der Waals surface area contributed by atoms with Crippen LogP contribution in [0.25, 0.3) is 0 Å². The molecule has 0 atom stereocenters. The molecule has 1 saturated carbocycles. The minimum atomic E-state index is -0.542. The molecular weight excluding hydrogens is 290 g/mol. The Bertz CT molecular complexity index is 527. The van der Waals surface area contributed by atoms with Crippen LogP contribution in [-0.4, -0.2) is 23.4 Å². The van der Waals surface area contributed by atoms with Gasteiger partial charge in [-0.15, -0.1) is 0 Å². The van der Waals surface area contributed by atoms with E-state index in [0.717, 1.165) is 24.8 Å². The van der Waals surface area contributed by atoms with Gasteiger partial charge in [0.1, 0.15) is 5.60 Å². The van der Waals surface area contributed by atoms with E-state index in [1.54, 1.807) is 12.1 Å². The second-order valence-corrected chi connectivity index (χ2v) is 7.02. The third-order valence-corrected chi connectivity index (χ3v) is 4.13. The number of aliphatic hydroxyl groups excluding tert-OH is 1. The van der Waals surface area contributed by atoms with Crippen LogP contribution in [0, 0.1) is 0 Å². The van der Waals surface area contributed by atoms with E-state index in [4.69, 9.17) is 16.3 Å². The molecule has 0 spiro atoms. The molecule has 0 aromatic heterocycles. The first-order valence-electron chi connectivity index (χ1n) is 7.17. The van der Waals surface area contributed by atoms with Crippen LogP contribution in [0.15, 0.2) is 18.2 Å². The summed E-state index contributed by atoms with van der Waals surface area (Å²) >= 11 is 6.26. The van der Waals surface area contributed by atoms with Crippen molar-refractivity contribution >= 4 is 23.4 Å². The van der Waals surface area contributed by atoms with Crippen LogP contribution in [0.1, 0.15) is 45.6 Å². The monoisotopic (exact) mass is 311 g/mol. The number of benzene rings is 1. The smallest absolute Gasteiger partial charge is 0.412 e. The van der Waals surface area contributed by atoms with E-state index in [-0.39, 0.29) is 12.0 Å². The van der Waals surface area contributed by atoms with Gasteiger partial charge in [-0.25, -0.2) is 4.79 Å². The van der Waals surface area contributed by atoms with Crippen molar-refractivity contribution in [2.75, 3.05) is 11.9 Å². The fourth-order valence-electron chi connectivity index (χ4n) is 2.55. The topological polar surface area (TPSA) is 58.6 Å². The predicted molar refractivity (Wildman–Crippen MR) is 83.9 cm³/mol. The summed E-state index contributed by atoms with van der Waals surface area (Å²) in [5.74, 6) is 0. The first kappa shape index (κ1) is 16.1. The summed E-state index contributed by atoms with van der Waals surface area (Å²) in [5.41, 5.74) is 0.720. The number of carbonyl (C=O) groups is 1. The van der Waals surface area contributed by atoms with E-state index >= 15 is 0 Å². The second kappa shape index (κ2) is 5.85. The summed E-state index contributed by atoms with van der Waals surface area (Å²) in [7, 11) is 0. The van der Waals surface area contributed by atoms with Gasteiger partial charge in [0.05, 0.1) is 6.61 Å². The Hall–Kier alpha value is -1.26. The number of rotatable bonds is 3. The Labute approximate surface area is 130 Å². The van der Waals surface area contributed by atoms with Gasteiger partial charge in [0.25, 0.3) is 0 Å². The SMILES string of the molecule is CC(C)(C)OC(=O)Nc1ccc(Cl)c(C2(CO)CCC2)c1. The van der Waals surface area contributed by atoms with Crippen molar-refractivity contribution in [2.45, 2.75) is 51.0 Å². The fraction of sp³-hybridized carbons (Fsp3) is 0.562. The van der Waals surface area contributed by atoms with Gasteiger partial charge in [-0.2, -0.15) is 0 Å². The molecule has 21 heavy (non-hydrogen) atoms. The van der Waals surface area contributed by atoms with Crippen molar-refractivity contribution in [3.8, 4) is 0 Å². The van der Waals surface area contributed by atoms with Gasteiger partial charge in [-0.3, -0.25) is 5.32 Å². The van der Waals surface area contributed by atoms with Crippen LogP contribution in [0.3, 0.4) is 0 Å². The molecule has 0 heterocycles. The number of ether oxygens (including phenoxy) is 1. The average molecular weight is 312 g/mol. The summed E-state index contributed by atoms with van der Waals surface area (Å²) < 4.78 is 5.23. The average Bonchev–Trinajstić information content (AvgIpc) is 2.30. The molecule has 0 saturated heterocycles. The minimum absolute atomic E-state index is 0.0720. The van der Waals surface area contributed by atoms with Crippen LogP contribution in [-0.2, 0) is 10.2 Å². The highest BCUT2D eigenvalue weighted by Crippen LogP contribution is 2.46. The van der Waals surface area contributed by atoms with Gasteiger partial charge in [0.15, 0.2) is 0 Å². The normalized spacial score (nSPS) is 17.0. The minimum Gasteiger partial charge on any atom is -0.444 e. The molecule has 4 nitrogen and oxygen atoms in total. The molecule has 116 valence electrons. The molecule has 0 aliphatic heterocycles. The second-order valence-electron chi connectivity index (χ2n) is 6.61. The Morgan fingerprint density at radius 1 is 1.43 bits per heavy atom. The van der Waals surface area contributed by atoms with E-state index in [2.05, 4.69) is 5.32 Å². The maximum Gasteiger partial charge on any atom is 0.412 e. The maximum atomic E-state index is 11.8. The zero-order valence-electron chi connectivity index (χ0n) is 12.7. The van der Waals surface area contributed by atoms with Crippen LogP contribution in [0.5, 0.6) is 0 Å². The zero-order chi connectivity index (χ0) is 15.7. The van der Waals surface area contributed by atoms with Gasteiger partial charge in [-0.1, -0.05) is 18.0 Å². The molecule has 2 N–H and O–H groups in total. The van der Waals surface area contributed by atoms with Gasteiger partial charge < -0.3 is 9.84 Å². The highest BCUT2D eigenvalue weighted by atomic mass is 35.5. The van der Waals surface area contributed by atoms with E-state index in [1.165, 1.54) is 0 Å². The van der Waals surface area contributed by atoms with E-state index < -0.39 is 11.7 Å². The lowest BCUT2D eigenvalue weighted by molar-refractivity contribution is 0.0636. The predicted octanol–water partition coefficient (Wildman–Crippen LogP) is 4.10. The summed E-state index contributed by atoms with van der Waals surface area (Å²) in [4.78, 5) is 11.8. The first-order valence-corrected chi connectivity index (χ1v) is 7.54. The molecule has 1 aliphatic carbocycles. The lowest BCUT2D eigenvalue weighted by atomic mass is 9.65. The molecule has 0 unspecified atom stereocenters. The summed E-state index contributed by atoms with van der Waals surface area (Å²) in [6.45, 7) is 5.52. The molecule has 1 amide bonds. The Balaban J connectivity index is 2.17. The molecule has 2 rings (SSSR count). The van der Waals surface area contributed by atoms with Crippen molar-refractivity contribution in [1.29, 1.82) is 0 Å². The Kier molecular flexibility index (Phi) is 4.49. The molecule has 1 aromatic rings.